The zero-order valence-corrected chi connectivity index (χ0v) is 21.2. The third kappa shape index (κ3) is 5.93. The van der Waals surface area contributed by atoms with E-state index in [0.717, 1.165) is 31.4 Å². The molecule has 0 bridgehead atoms. The van der Waals surface area contributed by atoms with Crippen LogP contribution in [-0.4, -0.2) is 53.4 Å². The van der Waals surface area contributed by atoms with Crippen LogP contribution >= 0.6 is 0 Å². The molecule has 2 heterocycles. The number of hydrogen-bond acceptors (Lipinski definition) is 5. The number of rotatable bonds is 8. The second-order valence-electron chi connectivity index (χ2n) is 10.2. The van der Waals surface area contributed by atoms with Crippen molar-refractivity contribution < 1.29 is 22.8 Å². The number of aromatic nitrogens is 1. The fourth-order valence-electron chi connectivity index (χ4n) is 5.57. The minimum absolute atomic E-state index is 0.00548. The minimum atomic E-state index is -1.35. The summed E-state index contributed by atoms with van der Waals surface area (Å²) in [6.45, 7) is 0.775. The maximum Gasteiger partial charge on any atom is 0.251 e. The van der Waals surface area contributed by atoms with E-state index in [0.29, 0.717) is 42.0 Å². The first-order valence-corrected chi connectivity index (χ1v) is 13.1. The van der Waals surface area contributed by atoms with Crippen LogP contribution in [-0.2, 0) is 17.1 Å². The van der Waals surface area contributed by atoms with E-state index in [2.05, 4.69) is 20.5 Å². The Bertz CT molecular complexity index is 1240. The average Bonchev–Trinajstić information content (AvgIpc) is 3.65. The fraction of sp³-hybridized carbons (Fsp3) is 0.414. The summed E-state index contributed by atoms with van der Waals surface area (Å²) >= 11 is 0. The number of nitrogens with zero attached hydrogens (tertiary/aromatic N) is 2. The molecule has 0 spiro atoms. The lowest BCUT2D eigenvalue weighted by Crippen LogP contribution is -2.45. The number of carbonyl (C=O) groups is 2. The number of hydrogen-bond donors (Lipinski definition) is 2. The first-order chi connectivity index (χ1) is 18.4. The van der Waals surface area contributed by atoms with E-state index in [1.54, 1.807) is 24.4 Å². The average molecular weight is 523 g/mol. The van der Waals surface area contributed by atoms with Crippen molar-refractivity contribution in [2.45, 2.75) is 56.5 Å². The number of amides is 2. The topological polar surface area (TPSA) is 87.5 Å². The van der Waals surface area contributed by atoms with Gasteiger partial charge in [-0.3, -0.25) is 14.5 Å². The molecule has 1 saturated heterocycles. The SMILES string of the molecule is O=C(CNC(=O)c1cccc(CF)c1)N[C@@H]1CCN(C2CCC(F)(c3ccc(-c4ncco4)cc3)CC2)C1. The molecule has 1 atom stereocenters. The fourth-order valence-corrected chi connectivity index (χ4v) is 5.57. The van der Waals surface area contributed by atoms with E-state index >= 15 is 4.39 Å². The monoisotopic (exact) mass is 522 g/mol. The standard InChI is InChI=1S/C29H32F2N4O3/c30-17-20-2-1-3-22(16-20)27(37)33-18-26(36)34-24-10-14-35(19-24)25-8-11-29(31,12-9-25)23-6-4-21(5-7-23)28-32-13-15-38-28/h1-7,13,15-16,24-25H,8-12,14,17-19H2,(H,33,37)(H,34,36)/t24-,25?,29?/m1/s1. The van der Waals surface area contributed by atoms with Crippen LogP contribution in [0.1, 0.15) is 53.6 Å². The van der Waals surface area contributed by atoms with Crippen molar-refractivity contribution in [3.05, 3.63) is 77.7 Å². The number of carbonyl (C=O) groups excluding carboxylic acids is 2. The van der Waals surface area contributed by atoms with Crippen LogP contribution in [0.15, 0.2) is 65.4 Å². The quantitative estimate of drug-likeness (QED) is 0.454. The van der Waals surface area contributed by atoms with Gasteiger partial charge >= 0.3 is 0 Å². The lowest BCUT2D eigenvalue weighted by atomic mass is 9.78. The molecule has 0 radical (unpaired) electrons. The molecule has 1 saturated carbocycles. The van der Waals surface area contributed by atoms with Gasteiger partial charge in [0.25, 0.3) is 5.91 Å². The van der Waals surface area contributed by atoms with Gasteiger partial charge in [0.1, 0.15) is 18.6 Å². The van der Waals surface area contributed by atoms with E-state index in [1.807, 2.05) is 24.3 Å². The molecule has 2 amide bonds. The highest BCUT2D eigenvalue weighted by Crippen LogP contribution is 2.43. The summed E-state index contributed by atoms with van der Waals surface area (Å²) in [6, 6.07) is 13.9. The first kappa shape index (κ1) is 26.0. The Kier molecular flexibility index (Phi) is 7.83. The third-order valence-electron chi connectivity index (χ3n) is 7.68. The Balaban J connectivity index is 1.06. The van der Waals surface area contributed by atoms with E-state index in [1.165, 1.54) is 12.3 Å². The summed E-state index contributed by atoms with van der Waals surface area (Å²) in [4.78, 5) is 31.2. The molecule has 2 aliphatic rings. The molecule has 2 N–H and O–H groups in total. The van der Waals surface area contributed by atoms with Crippen molar-refractivity contribution in [3.8, 4) is 11.5 Å². The molecule has 38 heavy (non-hydrogen) atoms. The Morgan fingerprint density at radius 2 is 1.89 bits per heavy atom. The van der Waals surface area contributed by atoms with Gasteiger partial charge in [-0.25, -0.2) is 13.8 Å². The van der Waals surface area contributed by atoms with E-state index in [-0.39, 0.29) is 24.5 Å². The van der Waals surface area contributed by atoms with Crippen LogP contribution in [0.4, 0.5) is 8.78 Å². The van der Waals surface area contributed by atoms with Crippen LogP contribution in [0.2, 0.25) is 0 Å². The number of halogens is 2. The van der Waals surface area contributed by atoms with Crippen LogP contribution in [0.3, 0.4) is 0 Å². The molecular weight excluding hydrogens is 490 g/mol. The third-order valence-corrected chi connectivity index (χ3v) is 7.68. The maximum atomic E-state index is 15.8. The zero-order valence-electron chi connectivity index (χ0n) is 21.2. The van der Waals surface area contributed by atoms with Gasteiger partial charge in [0.2, 0.25) is 11.8 Å². The summed E-state index contributed by atoms with van der Waals surface area (Å²) in [5.74, 6) is -0.145. The Labute approximate surface area is 220 Å². The largest absolute Gasteiger partial charge is 0.445 e. The molecule has 2 aromatic carbocycles. The van der Waals surface area contributed by atoms with Crippen LogP contribution in [0, 0.1) is 0 Å². The molecule has 1 aromatic heterocycles. The van der Waals surface area contributed by atoms with Gasteiger partial charge in [-0.1, -0.05) is 24.3 Å². The predicted molar refractivity (Wildman–Crippen MR) is 139 cm³/mol. The number of alkyl halides is 2. The van der Waals surface area contributed by atoms with E-state index < -0.39 is 18.3 Å². The maximum absolute atomic E-state index is 15.8. The number of likely N-dealkylation sites (tertiary alicyclic amines) is 1. The van der Waals surface area contributed by atoms with Gasteiger partial charge in [0, 0.05) is 36.3 Å². The van der Waals surface area contributed by atoms with Gasteiger partial charge in [-0.15, -0.1) is 0 Å². The highest BCUT2D eigenvalue weighted by Gasteiger charge is 2.40. The Morgan fingerprint density at radius 1 is 1.11 bits per heavy atom. The van der Waals surface area contributed by atoms with Crippen molar-refractivity contribution in [1.29, 1.82) is 0 Å². The van der Waals surface area contributed by atoms with Gasteiger partial charge in [0.05, 0.1) is 12.7 Å². The van der Waals surface area contributed by atoms with E-state index in [4.69, 9.17) is 4.42 Å². The lowest BCUT2D eigenvalue weighted by Gasteiger charge is -2.38. The molecule has 0 unspecified atom stereocenters. The molecule has 9 heteroatoms. The van der Waals surface area contributed by atoms with Crippen molar-refractivity contribution in [2.24, 2.45) is 0 Å². The number of oxazole rings is 1. The molecular formula is C29H32F2N4O3. The number of nitrogens with one attached hydrogen (secondary N) is 2. The van der Waals surface area contributed by atoms with Gasteiger partial charge in [-0.2, -0.15) is 0 Å². The molecule has 200 valence electrons. The smallest absolute Gasteiger partial charge is 0.251 e. The van der Waals surface area contributed by atoms with Crippen molar-refractivity contribution in [3.63, 3.8) is 0 Å². The second-order valence-corrected chi connectivity index (χ2v) is 10.2. The van der Waals surface area contributed by atoms with Crippen molar-refractivity contribution >= 4 is 11.8 Å². The molecule has 5 rings (SSSR count). The van der Waals surface area contributed by atoms with Gasteiger partial charge in [-0.05, 0) is 67.5 Å². The van der Waals surface area contributed by atoms with Crippen LogP contribution < -0.4 is 10.6 Å². The Hall–Kier alpha value is -3.59. The van der Waals surface area contributed by atoms with E-state index in [9.17, 15) is 14.0 Å². The number of benzene rings is 2. The Morgan fingerprint density at radius 3 is 2.61 bits per heavy atom. The molecule has 1 aliphatic carbocycles. The minimum Gasteiger partial charge on any atom is -0.445 e. The lowest BCUT2D eigenvalue weighted by molar-refractivity contribution is -0.120. The van der Waals surface area contributed by atoms with Gasteiger partial charge in [0.15, 0.2) is 0 Å². The normalized spacial score (nSPS) is 23.7. The highest BCUT2D eigenvalue weighted by molar-refractivity contribution is 5.96. The summed E-state index contributed by atoms with van der Waals surface area (Å²) in [5.41, 5.74) is 0.914. The molecule has 7 nitrogen and oxygen atoms in total. The molecule has 3 aromatic rings. The second kappa shape index (κ2) is 11.4. The summed E-state index contributed by atoms with van der Waals surface area (Å²) in [6.07, 6.45) is 6.35. The van der Waals surface area contributed by atoms with Crippen LogP contribution in [0.5, 0.6) is 0 Å². The van der Waals surface area contributed by atoms with Crippen LogP contribution in [0.25, 0.3) is 11.5 Å². The highest BCUT2D eigenvalue weighted by atomic mass is 19.1. The summed E-state index contributed by atoms with van der Waals surface area (Å²) in [7, 11) is 0. The summed E-state index contributed by atoms with van der Waals surface area (Å²) < 4.78 is 34.0. The molecule has 2 fully saturated rings. The van der Waals surface area contributed by atoms with Crippen molar-refractivity contribution in [1.82, 2.24) is 20.5 Å². The van der Waals surface area contributed by atoms with Crippen molar-refractivity contribution in [2.75, 3.05) is 19.6 Å². The summed E-state index contributed by atoms with van der Waals surface area (Å²) in [5, 5.41) is 5.59. The zero-order chi connectivity index (χ0) is 26.5. The predicted octanol–water partition coefficient (Wildman–Crippen LogP) is 4.54. The van der Waals surface area contributed by atoms with Gasteiger partial charge < -0.3 is 15.1 Å². The first-order valence-electron chi connectivity index (χ1n) is 13.1. The molecule has 1 aliphatic heterocycles.